The second kappa shape index (κ2) is 10.5. The lowest BCUT2D eigenvalue weighted by atomic mass is 10.1. The Hall–Kier alpha value is -3.66. The van der Waals surface area contributed by atoms with Gasteiger partial charge in [0, 0.05) is 0 Å². The molecule has 0 aromatic heterocycles. The molecule has 0 spiro atoms. The van der Waals surface area contributed by atoms with Gasteiger partial charge in [-0.15, -0.1) is 0 Å². The van der Waals surface area contributed by atoms with E-state index in [9.17, 15) is 32.3 Å². The van der Waals surface area contributed by atoms with Crippen molar-refractivity contribution in [2.75, 3.05) is 0 Å². The van der Waals surface area contributed by atoms with Crippen molar-refractivity contribution in [1.82, 2.24) is 5.32 Å². The van der Waals surface area contributed by atoms with Gasteiger partial charge in [-0.25, -0.2) is 9.18 Å². The van der Waals surface area contributed by atoms with Crippen molar-refractivity contribution in [3.8, 4) is 11.5 Å². The summed E-state index contributed by atoms with van der Waals surface area (Å²) < 4.78 is 59.2. The third kappa shape index (κ3) is 6.44. The van der Waals surface area contributed by atoms with Crippen LogP contribution < -0.4 is 10.1 Å². The monoisotopic (exact) mass is 537 g/mol. The molecule has 0 radical (unpaired) electrons. The van der Waals surface area contributed by atoms with Crippen molar-refractivity contribution in [1.29, 1.82) is 0 Å². The first-order valence-electron chi connectivity index (χ1n) is 9.66. The Balaban J connectivity index is 1.73. The van der Waals surface area contributed by atoms with Gasteiger partial charge < -0.3 is 15.2 Å². The van der Waals surface area contributed by atoms with E-state index in [0.29, 0.717) is 23.1 Å². The molecule has 176 valence electrons. The molecule has 3 rings (SSSR count). The molecule has 0 bridgehead atoms. The number of para-hydroxylation sites is 1. The summed E-state index contributed by atoms with van der Waals surface area (Å²) in [6, 6.07) is 16.0. The lowest BCUT2D eigenvalue weighted by molar-refractivity contribution is -0.140. The maximum atomic E-state index is 14.1. The number of halogens is 5. The summed E-state index contributed by atoms with van der Waals surface area (Å²) in [5.74, 6) is -2.99. The molecule has 1 amide bonds. The van der Waals surface area contributed by atoms with Crippen LogP contribution in [-0.4, -0.2) is 17.0 Å². The fourth-order valence-electron chi connectivity index (χ4n) is 2.91. The van der Waals surface area contributed by atoms with Crippen LogP contribution in [0.5, 0.6) is 11.5 Å². The number of benzene rings is 3. The summed E-state index contributed by atoms with van der Waals surface area (Å²) in [6.07, 6.45) is -4.54. The van der Waals surface area contributed by atoms with E-state index in [2.05, 4.69) is 21.2 Å². The number of nitrogens with one attached hydrogen (secondary N) is 1. The van der Waals surface area contributed by atoms with Gasteiger partial charge in [0.15, 0.2) is 0 Å². The van der Waals surface area contributed by atoms with E-state index in [-0.39, 0.29) is 0 Å². The highest BCUT2D eigenvalue weighted by Crippen LogP contribution is 2.32. The van der Waals surface area contributed by atoms with E-state index in [1.54, 1.807) is 42.5 Å². The molecule has 3 aromatic carbocycles. The van der Waals surface area contributed by atoms with Crippen molar-refractivity contribution >= 4 is 33.9 Å². The highest BCUT2D eigenvalue weighted by molar-refractivity contribution is 9.10. The van der Waals surface area contributed by atoms with Crippen molar-refractivity contribution in [3.05, 3.63) is 99.4 Å². The Morgan fingerprint density at radius 3 is 2.29 bits per heavy atom. The molecule has 34 heavy (non-hydrogen) atoms. The maximum Gasteiger partial charge on any atom is 0.419 e. The van der Waals surface area contributed by atoms with Gasteiger partial charge in [-0.2, -0.15) is 13.2 Å². The number of carbonyl (C=O) groups excluding carboxylic acids is 1. The second-order valence-electron chi connectivity index (χ2n) is 6.97. The number of ether oxygens (including phenoxy) is 1. The minimum absolute atomic E-state index is 0.405. The van der Waals surface area contributed by atoms with Gasteiger partial charge in [-0.1, -0.05) is 36.4 Å². The molecule has 10 heteroatoms. The molecule has 0 aliphatic carbocycles. The van der Waals surface area contributed by atoms with Crippen LogP contribution >= 0.6 is 15.9 Å². The zero-order chi connectivity index (χ0) is 24.9. The van der Waals surface area contributed by atoms with Crippen LogP contribution in [0, 0.1) is 5.82 Å². The van der Waals surface area contributed by atoms with Crippen LogP contribution in [0.15, 0.2) is 76.9 Å². The fraction of sp³-hybridized carbons (Fsp3) is 0.0833. The molecule has 5 nitrogen and oxygen atoms in total. The quantitative estimate of drug-likeness (QED) is 0.278. The first-order valence-corrected chi connectivity index (χ1v) is 10.5. The molecule has 0 saturated carbocycles. The molecule has 0 saturated heterocycles. The van der Waals surface area contributed by atoms with Crippen molar-refractivity contribution < 1.29 is 37.0 Å². The van der Waals surface area contributed by atoms with E-state index in [0.717, 1.165) is 22.7 Å². The molecule has 0 atom stereocenters. The number of hydrogen-bond acceptors (Lipinski definition) is 3. The zero-order valence-corrected chi connectivity index (χ0v) is 18.8. The van der Waals surface area contributed by atoms with E-state index in [1.807, 2.05) is 6.07 Å². The van der Waals surface area contributed by atoms with Crippen LogP contribution in [0.25, 0.3) is 6.08 Å². The second-order valence-corrected chi connectivity index (χ2v) is 7.82. The SMILES string of the molecule is O=C(Cc1cccc(C(F)(F)F)c1F)NC(=Cc1ccc(Oc2ccccc2Br)cc1)C(=O)O. The van der Waals surface area contributed by atoms with Crippen molar-refractivity contribution in [3.63, 3.8) is 0 Å². The largest absolute Gasteiger partial charge is 0.477 e. The molecule has 0 heterocycles. The third-order valence-electron chi connectivity index (χ3n) is 4.50. The van der Waals surface area contributed by atoms with Crippen LogP contribution in [0.1, 0.15) is 16.7 Å². The van der Waals surface area contributed by atoms with Crippen molar-refractivity contribution in [2.24, 2.45) is 0 Å². The normalized spacial score (nSPS) is 11.7. The first kappa shape index (κ1) is 25.0. The van der Waals surface area contributed by atoms with Crippen LogP contribution in [0.4, 0.5) is 17.6 Å². The van der Waals surface area contributed by atoms with Gasteiger partial charge >= 0.3 is 12.1 Å². The smallest absolute Gasteiger partial charge is 0.419 e. The lowest BCUT2D eigenvalue weighted by Crippen LogP contribution is -2.29. The van der Waals surface area contributed by atoms with Crippen LogP contribution in [0.3, 0.4) is 0 Å². The standard InChI is InChI=1S/C24H16BrF4NO4/c25-18-6-1-2-7-20(18)34-16-10-8-14(9-11-16)12-19(23(32)33)30-21(31)13-15-4-3-5-17(22(15)26)24(27,28)29/h1-12H,13H2,(H,30,31)(H,32,33). The van der Waals surface area contributed by atoms with Crippen molar-refractivity contribution in [2.45, 2.75) is 12.6 Å². The number of rotatable bonds is 7. The summed E-state index contributed by atoms with van der Waals surface area (Å²) in [5, 5.41) is 11.5. The molecule has 0 unspecified atom stereocenters. The zero-order valence-electron chi connectivity index (χ0n) is 17.2. The third-order valence-corrected chi connectivity index (χ3v) is 5.15. The Labute approximate surface area is 199 Å². The maximum absolute atomic E-state index is 14.1. The summed E-state index contributed by atoms with van der Waals surface area (Å²) in [7, 11) is 0. The predicted octanol–water partition coefficient (Wildman–Crippen LogP) is 6.18. The topological polar surface area (TPSA) is 75.6 Å². The van der Waals surface area contributed by atoms with E-state index >= 15 is 0 Å². The minimum atomic E-state index is -4.92. The molecular formula is C24H16BrF4NO4. The van der Waals surface area contributed by atoms with Gasteiger partial charge in [0.05, 0.1) is 16.5 Å². The average Bonchev–Trinajstić information content (AvgIpc) is 2.76. The minimum Gasteiger partial charge on any atom is -0.477 e. The number of hydrogen-bond donors (Lipinski definition) is 2. The molecule has 0 aliphatic rings. The Morgan fingerprint density at radius 2 is 1.68 bits per heavy atom. The molecule has 0 fully saturated rings. The Kier molecular flexibility index (Phi) is 7.72. The van der Waals surface area contributed by atoms with Gasteiger partial charge in [0.1, 0.15) is 23.0 Å². The highest BCUT2D eigenvalue weighted by atomic mass is 79.9. The molecule has 2 N–H and O–H groups in total. The van der Waals surface area contributed by atoms with Crippen LogP contribution in [-0.2, 0) is 22.2 Å². The molecule has 3 aromatic rings. The highest BCUT2D eigenvalue weighted by Gasteiger charge is 2.35. The average molecular weight is 538 g/mol. The lowest BCUT2D eigenvalue weighted by Gasteiger charge is -2.11. The number of aliphatic carboxylic acids is 1. The predicted molar refractivity (Wildman–Crippen MR) is 120 cm³/mol. The van der Waals surface area contributed by atoms with Crippen LogP contribution in [0.2, 0.25) is 0 Å². The van der Waals surface area contributed by atoms with E-state index in [1.165, 1.54) is 0 Å². The summed E-state index contributed by atoms with van der Waals surface area (Å²) >= 11 is 3.36. The number of amides is 1. The summed E-state index contributed by atoms with van der Waals surface area (Å²) in [5.41, 5.74) is -2.14. The number of carbonyl (C=O) groups is 2. The molecule has 0 aliphatic heterocycles. The molecular weight excluding hydrogens is 522 g/mol. The van der Waals surface area contributed by atoms with E-state index in [4.69, 9.17) is 4.74 Å². The van der Waals surface area contributed by atoms with Gasteiger partial charge in [0.2, 0.25) is 5.91 Å². The fourth-order valence-corrected chi connectivity index (χ4v) is 3.27. The summed E-state index contributed by atoms with van der Waals surface area (Å²) in [4.78, 5) is 23.8. The Morgan fingerprint density at radius 1 is 1.00 bits per heavy atom. The van der Waals surface area contributed by atoms with E-state index < -0.39 is 47.1 Å². The first-order chi connectivity index (χ1) is 16.0. The van der Waals surface area contributed by atoms with Gasteiger partial charge in [-0.3, -0.25) is 4.79 Å². The van der Waals surface area contributed by atoms with Gasteiger partial charge in [0.25, 0.3) is 0 Å². The number of alkyl halides is 3. The Bertz CT molecular complexity index is 1240. The summed E-state index contributed by atoms with van der Waals surface area (Å²) in [6.45, 7) is 0. The number of carboxylic acids is 1. The van der Waals surface area contributed by atoms with Gasteiger partial charge in [-0.05, 0) is 63.5 Å². The number of carboxylic acid groups (broad SMARTS) is 1.